The molecule has 0 fully saturated rings. The third-order valence-electron chi connectivity index (χ3n) is 5.45. The standard InChI is InChI=1S/C18H19NO4/c1-16(2)13(20)7-8-17(3)12-9-10(23-4)5-6-11(12)14(19)15(21)18(16,17)22/h5-9,19,22H,1-4H3. The molecular weight excluding hydrogens is 294 g/mol. The second-order valence-corrected chi connectivity index (χ2v) is 6.85. The molecule has 0 saturated heterocycles. The van der Waals surface area contributed by atoms with Gasteiger partial charge in [-0.2, -0.15) is 0 Å². The van der Waals surface area contributed by atoms with Gasteiger partial charge in [-0.05, 0) is 50.6 Å². The number of aliphatic hydroxyl groups is 1. The van der Waals surface area contributed by atoms with E-state index in [1.54, 1.807) is 45.0 Å². The zero-order valence-corrected chi connectivity index (χ0v) is 13.6. The van der Waals surface area contributed by atoms with Crippen molar-refractivity contribution in [1.29, 1.82) is 5.41 Å². The van der Waals surface area contributed by atoms with Crippen LogP contribution in [0.5, 0.6) is 5.75 Å². The molecule has 2 atom stereocenters. The maximum atomic E-state index is 12.9. The number of nitrogens with one attached hydrogen (secondary N) is 1. The first-order valence-electron chi connectivity index (χ1n) is 7.39. The number of hydrogen-bond acceptors (Lipinski definition) is 5. The van der Waals surface area contributed by atoms with E-state index in [9.17, 15) is 14.7 Å². The van der Waals surface area contributed by atoms with Gasteiger partial charge in [0.05, 0.1) is 12.5 Å². The minimum absolute atomic E-state index is 0.279. The van der Waals surface area contributed by atoms with Crippen molar-refractivity contribution in [3.63, 3.8) is 0 Å². The highest BCUT2D eigenvalue weighted by Gasteiger charge is 2.68. The number of carbonyl (C=O) groups excluding carboxylic acids is 2. The summed E-state index contributed by atoms with van der Waals surface area (Å²) in [6.07, 6.45) is 2.99. The fourth-order valence-electron chi connectivity index (χ4n) is 3.80. The van der Waals surface area contributed by atoms with Gasteiger partial charge in [0.15, 0.2) is 11.4 Å². The van der Waals surface area contributed by atoms with Gasteiger partial charge in [0.1, 0.15) is 11.5 Å². The first kappa shape index (κ1) is 15.6. The first-order valence-corrected chi connectivity index (χ1v) is 7.39. The molecule has 5 heteroatoms. The molecular formula is C18H19NO4. The second-order valence-electron chi connectivity index (χ2n) is 6.85. The lowest BCUT2D eigenvalue weighted by Gasteiger charge is -2.55. The number of Topliss-reactive ketones (excluding diaryl/α,β-unsaturated/α-hetero) is 1. The van der Waals surface area contributed by atoms with E-state index in [0.29, 0.717) is 16.9 Å². The molecule has 2 aliphatic carbocycles. The van der Waals surface area contributed by atoms with Crippen molar-refractivity contribution in [3.05, 3.63) is 41.5 Å². The summed E-state index contributed by atoms with van der Waals surface area (Å²) in [5.74, 6) is -0.483. The Morgan fingerprint density at radius 2 is 1.83 bits per heavy atom. The Kier molecular flexibility index (Phi) is 2.98. The van der Waals surface area contributed by atoms with Gasteiger partial charge >= 0.3 is 0 Å². The fourth-order valence-corrected chi connectivity index (χ4v) is 3.80. The van der Waals surface area contributed by atoms with Crippen molar-refractivity contribution in [1.82, 2.24) is 0 Å². The maximum Gasteiger partial charge on any atom is 0.214 e. The summed E-state index contributed by atoms with van der Waals surface area (Å²) >= 11 is 0. The quantitative estimate of drug-likeness (QED) is 0.827. The highest BCUT2D eigenvalue weighted by molar-refractivity contribution is 6.50. The minimum Gasteiger partial charge on any atom is -0.497 e. The molecule has 3 rings (SSSR count). The molecule has 0 radical (unpaired) electrons. The molecule has 2 unspecified atom stereocenters. The Morgan fingerprint density at radius 3 is 2.43 bits per heavy atom. The molecule has 0 bridgehead atoms. The normalized spacial score (nSPS) is 31.6. The predicted molar refractivity (Wildman–Crippen MR) is 85.1 cm³/mol. The van der Waals surface area contributed by atoms with Crippen LogP contribution in [0, 0.1) is 10.8 Å². The number of hydrogen-bond donors (Lipinski definition) is 2. The van der Waals surface area contributed by atoms with Gasteiger partial charge < -0.3 is 9.84 Å². The largest absolute Gasteiger partial charge is 0.497 e. The number of ketones is 2. The molecule has 0 aromatic heterocycles. The van der Waals surface area contributed by atoms with Gasteiger partial charge in [-0.3, -0.25) is 15.0 Å². The number of rotatable bonds is 1. The third-order valence-corrected chi connectivity index (χ3v) is 5.45. The summed E-state index contributed by atoms with van der Waals surface area (Å²) in [5.41, 5.74) is -3.67. The molecule has 0 heterocycles. The SMILES string of the molecule is COc1ccc2c(c1)C1(C)C=CC(=O)C(C)(C)C1(O)C(=O)C2=N. The summed E-state index contributed by atoms with van der Waals surface area (Å²) < 4.78 is 5.25. The predicted octanol–water partition coefficient (Wildman–Crippen LogP) is 1.80. The summed E-state index contributed by atoms with van der Waals surface area (Å²) in [7, 11) is 1.53. The van der Waals surface area contributed by atoms with Crippen molar-refractivity contribution in [2.24, 2.45) is 5.41 Å². The van der Waals surface area contributed by atoms with E-state index < -0.39 is 22.2 Å². The Labute approximate surface area is 134 Å². The van der Waals surface area contributed by atoms with Crippen LogP contribution in [0.4, 0.5) is 0 Å². The van der Waals surface area contributed by atoms with Gasteiger partial charge in [0, 0.05) is 11.0 Å². The fraction of sp³-hybridized carbons (Fsp3) is 0.389. The Morgan fingerprint density at radius 1 is 1.17 bits per heavy atom. The molecule has 23 heavy (non-hydrogen) atoms. The van der Waals surface area contributed by atoms with Gasteiger partial charge in [0.25, 0.3) is 0 Å². The summed E-state index contributed by atoms with van der Waals surface area (Å²) in [5, 5.41) is 19.6. The van der Waals surface area contributed by atoms with E-state index in [0.717, 1.165) is 0 Å². The third kappa shape index (κ3) is 1.58. The lowest BCUT2D eigenvalue weighted by molar-refractivity contribution is -0.165. The van der Waals surface area contributed by atoms with E-state index in [1.165, 1.54) is 13.2 Å². The van der Waals surface area contributed by atoms with E-state index in [1.807, 2.05) is 0 Å². The van der Waals surface area contributed by atoms with Crippen LogP contribution in [0.1, 0.15) is 31.9 Å². The smallest absolute Gasteiger partial charge is 0.214 e. The number of benzene rings is 1. The topological polar surface area (TPSA) is 87.5 Å². The van der Waals surface area contributed by atoms with Crippen LogP contribution in [-0.4, -0.2) is 35.1 Å². The van der Waals surface area contributed by atoms with E-state index in [4.69, 9.17) is 10.1 Å². The van der Waals surface area contributed by atoms with Crippen molar-refractivity contribution in [2.75, 3.05) is 7.11 Å². The van der Waals surface area contributed by atoms with Crippen LogP contribution in [0.3, 0.4) is 0 Å². The lowest BCUT2D eigenvalue weighted by atomic mass is 9.48. The number of allylic oxidation sites excluding steroid dienone is 1. The van der Waals surface area contributed by atoms with Crippen molar-refractivity contribution in [2.45, 2.75) is 31.8 Å². The van der Waals surface area contributed by atoms with Crippen LogP contribution in [0.15, 0.2) is 30.4 Å². The van der Waals surface area contributed by atoms with Crippen LogP contribution in [0.2, 0.25) is 0 Å². The van der Waals surface area contributed by atoms with Crippen LogP contribution in [0.25, 0.3) is 0 Å². The average Bonchev–Trinajstić information content (AvgIpc) is 2.54. The zero-order valence-electron chi connectivity index (χ0n) is 13.6. The molecule has 120 valence electrons. The van der Waals surface area contributed by atoms with Crippen molar-refractivity contribution >= 4 is 17.3 Å². The van der Waals surface area contributed by atoms with Gasteiger partial charge in [-0.15, -0.1) is 0 Å². The molecule has 0 saturated carbocycles. The van der Waals surface area contributed by atoms with Crippen LogP contribution >= 0.6 is 0 Å². The molecule has 1 aromatic carbocycles. The van der Waals surface area contributed by atoms with E-state index in [-0.39, 0.29) is 11.5 Å². The van der Waals surface area contributed by atoms with E-state index >= 15 is 0 Å². The monoisotopic (exact) mass is 313 g/mol. The number of methoxy groups -OCH3 is 1. The molecule has 0 spiro atoms. The summed E-state index contributed by atoms with van der Waals surface area (Å²) in [6, 6.07) is 5.05. The zero-order chi connectivity index (χ0) is 17.2. The van der Waals surface area contributed by atoms with Gasteiger partial charge in [-0.1, -0.05) is 6.08 Å². The Bertz CT molecular complexity index is 792. The van der Waals surface area contributed by atoms with E-state index in [2.05, 4.69) is 0 Å². The molecule has 2 N–H and O–H groups in total. The van der Waals surface area contributed by atoms with Crippen molar-refractivity contribution in [3.8, 4) is 5.75 Å². The van der Waals surface area contributed by atoms with Gasteiger partial charge in [-0.25, -0.2) is 0 Å². The van der Waals surface area contributed by atoms with Gasteiger partial charge in [0.2, 0.25) is 5.78 Å². The highest BCUT2D eigenvalue weighted by atomic mass is 16.5. The molecule has 1 aromatic rings. The molecule has 5 nitrogen and oxygen atoms in total. The molecule has 0 amide bonds. The number of ether oxygens (including phenoxy) is 1. The van der Waals surface area contributed by atoms with Crippen LogP contribution < -0.4 is 4.74 Å². The summed E-state index contributed by atoms with van der Waals surface area (Å²) in [6.45, 7) is 4.82. The summed E-state index contributed by atoms with van der Waals surface area (Å²) in [4.78, 5) is 25.2. The average molecular weight is 313 g/mol. The maximum absolute atomic E-state index is 12.9. The molecule has 2 aliphatic rings. The van der Waals surface area contributed by atoms with Crippen molar-refractivity contribution < 1.29 is 19.4 Å². The second kappa shape index (κ2) is 4.38. The minimum atomic E-state index is -2.01. The number of fused-ring (bicyclic) bond motifs is 3. The van der Waals surface area contributed by atoms with Crippen LogP contribution in [-0.2, 0) is 15.0 Å². The highest BCUT2D eigenvalue weighted by Crippen LogP contribution is 2.55. The Balaban J connectivity index is 2.43. The Hall–Kier alpha value is -2.27. The first-order chi connectivity index (χ1) is 10.6. The number of carbonyl (C=O) groups is 2. The molecule has 0 aliphatic heterocycles. The lowest BCUT2D eigenvalue weighted by Crippen LogP contribution is -2.70.